The van der Waals surface area contributed by atoms with E-state index in [4.69, 9.17) is 4.74 Å². The molecule has 20 heavy (non-hydrogen) atoms. The summed E-state index contributed by atoms with van der Waals surface area (Å²) in [7, 11) is 1.43. The number of carbonyl (C=O) groups excluding carboxylic acids is 1. The third kappa shape index (κ3) is 3.60. The van der Waals surface area contributed by atoms with Gasteiger partial charge in [0, 0.05) is 6.04 Å². The van der Waals surface area contributed by atoms with Gasteiger partial charge in [0.15, 0.2) is 0 Å². The Hall–Kier alpha value is -1.35. The SMILES string of the molecule is CCC(C)NC(C)(C(=O)OC)c1ccc(C(C)C)cc1. The minimum Gasteiger partial charge on any atom is -0.467 e. The molecule has 0 radical (unpaired) electrons. The molecule has 0 aliphatic carbocycles. The summed E-state index contributed by atoms with van der Waals surface area (Å²) in [4.78, 5) is 12.2. The van der Waals surface area contributed by atoms with Crippen LogP contribution >= 0.6 is 0 Å². The zero-order chi connectivity index (χ0) is 15.3. The molecule has 112 valence electrons. The van der Waals surface area contributed by atoms with Crippen molar-refractivity contribution in [3.63, 3.8) is 0 Å². The molecule has 2 atom stereocenters. The molecule has 0 fully saturated rings. The molecule has 1 N–H and O–H groups in total. The van der Waals surface area contributed by atoms with Crippen molar-refractivity contribution < 1.29 is 9.53 Å². The minimum absolute atomic E-state index is 0.240. The predicted molar refractivity (Wildman–Crippen MR) is 82.8 cm³/mol. The number of carbonyl (C=O) groups is 1. The second-order valence-electron chi connectivity index (χ2n) is 5.85. The van der Waals surface area contributed by atoms with E-state index < -0.39 is 5.54 Å². The van der Waals surface area contributed by atoms with Gasteiger partial charge in [-0.15, -0.1) is 0 Å². The van der Waals surface area contributed by atoms with Crippen LogP contribution in [-0.2, 0) is 15.1 Å². The zero-order valence-electron chi connectivity index (χ0n) is 13.5. The Kier molecular flexibility index (Phi) is 5.75. The van der Waals surface area contributed by atoms with Crippen LogP contribution in [0.25, 0.3) is 0 Å². The summed E-state index contributed by atoms with van der Waals surface area (Å²) in [5.41, 5.74) is 1.40. The van der Waals surface area contributed by atoms with Crippen molar-refractivity contribution >= 4 is 5.97 Å². The molecule has 1 aromatic rings. The maximum atomic E-state index is 12.2. The topological polar surface area (TPSA) is 38.3 Å². The van der Waals surface area contributed by atoms with E-state index in [-0.39, 0.29) is 12.0 Å². The Morgan fingerprint density at radius 1 is 1.25 bits per heavy atom. The van der Waals surface area contributed by atoms with Gasteiger partial charge >= 0.3 is 5.97 Å². The molecule has 0 saturated heterocycles. The van der Waals surface area contributed by atoms with Crippen LogP contribution in [-0.4, -0.2) is 19.1 Å². The Labute approximate surface area is 122 Å². The van der Waals surface area contributed by atoms with Gasteiger partial charge in [0.25, 0.3) is 0 Å². The Balaban J connectivity index is 3.13. The molecule has 0 aliphatic heterocycles. The second kappa shape index (κ2) is 6.89. The van der Waals surface area contributed by atoms with Crippen LogP contribution in [0.4, 0.5) is 0 Å². The van der Waals surface area contributed by atoms with Crippen LogP contribution in [0.15, 0.2) is 24.3 Å². The summed E-state index contributed by atoms with van der Waals surface area (Å²) in [6.07, 6.45) is 0.955. The molecule has 1 aromatic carbocycles. The molecule has 3 nitrogen and oxygen atoms in total. The lowest BCUT2D eigenvalue weighted by Crippen LogP contribution is -2.51. The molecule has 0 saturated carbocycles. The van der Waals surface area contributed by atoms with Gasteiger partial charge in [-0.05, 0) is 37.3 Å². The molecular formula is C17H27NO2. The monoisotopic (exact) mass is 277 g/mol. The fourth-order valence-electron chi connectivity index (χ4n) is 2.26. The highest BCUT2D eigenvalue weighted by molar-refractivity contribution is 5.82. The van der Waals surface area contributed by atoms with Gasteiger partial charge in [0.05, 0.1) is 7.11 Å². The van der Waals surface area contributed by atoms with Crippen molar-refractivity contribution in [1.82, 2.24) is 5.32 Å². The van der Waals surface area contributed by atoms with Crippen LogP contribution in [0.3, 0.4) is 0 Å². The minimum atomic E-state index is -0.806. The molecule has 0 amide bonds. The molecule has 0 aromatic heterocycles. The van der Waals surface area contributed by atoms with Crippen molar-refractivity contribution in [2.24, 2.45) is 0 Å². The lowest BCUT2D eigenvalue weighted by atomic mass is 9.89. The number of benzene rings is 1. The van der Waals surface area contributed by atoms with Gasteiger partial charge in [-0.25, -0.2) is 4.79 Å². The number of esters is 1. The maximum absolute atomic E-state index is 12.2. The van der Waals surface area contributed by atoms with Crippen LogP contribution in [0.1, 0.15) is 58.1 Å². The van der Waals surface area contributed by atoms with Gasteiger partial charge < -0.3 is 4.74 Å². The number of methoxy groups -OCH3 is 1. The standard InChI is InChI=1S/C17H27NO2/c1-7-13(4)18-17(5,16(19)20-6)15-10-8-14(9-11-15)12(2)3/h8-13,18H,7H2,1-6H3. The number of hydrogen-bond donors (Lipinski definition) is 1. The highest BCUT2D eigenvalue weighted by Gasteiger charge is 2.37. The van der Waals surface area contributed by atoms with E-state index in [0.29, 0.717) is 5.92 Å². The number of ether oxygens (including phenoxy) is 1. The normalized spacial score (nSPS) is 15.8. The van der Waals surface area contributed by atoms with Gasteiger partial charge in [-0.3, -0.25) is 5.32 Å². The summed E-state index contributed by atoms with van der Waals surface area (Å²) in [6.45, 7) is 10.4. The zero-order valence-corrected chi connectivity index (χ0v) is 13.5. The van der Waals surface area contributed by atoms with Crippen molar-refractivity contribution in [3.05, 3.63) is 35.4 Å². The predicted octanol–water partition coefficient (Wildman–Crippen LogP) is 3.59. The molecule has 1 rings (SSSR count). The first kappa shape index (κ1) is 16.7. The third-order valence-corrected chi connectivity index (χ3v) is 3.90. The van der Waals surface area contributed by atoms with Crippen LogP contribution < -0.4 is 5.32 Å². The first-order valence-corrected chi connectivity index (χ1v) is 7.31. The molecule has 0 spiro atoms. The molecule has 2 unspecified atom stereocenters. The van der Waals surface area contributed by atoms with E-state index in [1.807, 2.05) is 19.1 Å². The number of rotatable bonds is 6. The average Bonchev–Trinajstić information content (AvgIpc) is 2.45. The summed E-state index contributed by atoms with van der Waals surface area (Å²) in [5.74, 6) is 0.228. The summed E-state index contributed by atoms with van der Waals surface area (Å²) in [5, 5.41) is 3.38. The van der Waals surface area contributed by atoms with Gasteiger partial charge in [-0.1, -0.05) is 45.0 Å². The van der Waals surface area contributed by atoms with Gasteiger partial charge in [0.1, 0.15) is 5.54 Å². The maximum Gasteiger partial charge on any atom is 0.330 e. The average molecular weight is 277 g/mol. The first-order chi connectivity index (χ1) is 9.35. The fourth-order valence-corrected chi connectivity index (χ4v) is 2.26. The lowest BCUT2D eigenvalue weighted by Gasteiger charge is -2.31. The van der Waals surface area contributed by atoms with Crippen molar-refractivity contribution in [1.29, 1.82) is 0 Å². The van der Waals surface area contributed by atoms with E-state index >= 15 is 0 Å². The summed E-state index contributed by atoms with van der Waals surface area (Å²) < 4.78 is 4.99. The van der Waals surface area contributed by atoms with E-state index in [1.54, 1.807) is 0 Å². The van der Waals surface area contributed by atoms with Crippen molar-refractivity contribution in [3.8, 4) is 0 Å². The molecule has 0 bridgehead atoms. The Morgan fingerprint density at radius 2 is 1.80 bits per heavy atom. The Morgan fingerprint density at radius 3 is 2.20 bits per heavy atom. The first-order valence-electron chi connectivity index (χ1n) is 7.31. The van der Waals surface area contributed by atoms with Crippen LogP contribution in [0.2, 0.25) is 0 Å². The summed E-state index contributed by atoms with van der Waals surface area (Å²) >= 11 is 0. The second-order valence-corrected chi connectivity index (χ2v) is 5.85. The molecule has 0 aliphatic rings. The largest absolute Gasteiger partial charge is 0.467 e. The Bertz CT molecular complexity index is 439. The van der Waals surface area contributed by atoms with E-state index in [0.717, 1.165) is 12.0 Å². The number of hydrogen-bond acceptors (Lipinski definition) is 3. The van der Waals surface area contributed by atoms with E-state index in [1.165, 1.54) is 12.7 Å². The van der Waals surface area contributed by atoms with Gasteiger partial charge in [0.2, 0.25) is 0 Å². The third-order valence-electron chi connectivity index (χ3n) is 3.90. The van der Waals surface area contributed by atoms with E-state index in [9.17, 15) is 4.79 Å². The van der Waals surface area contributed by atoms with Crippen molar-refractivity contribution in [2.75, 3.05) is 7.11 Å². The smallest absolute Gasteiger partial charge is 0.330 e. The summed E-state index contributed by atoms with van der Waals surface area (Å²) in [6, 6.07) is 8.44. The highest BCUT2D eigenvalue weighted by Crippen LogP contribution is 2.25. The highest BCUT2D eigenvalue weighted by atomic mass is 16.5. The molecule has 0 heterocycles. The quantitative estimate of drug-likeness (QED) is 0.808. The lowest BCUT2D eigenvalue weighted by molar-refractivity contribution is -0.148. The van der Waals surface area contributed by atoms with E-state index in [2.05, 4.69) is 45.1 Å². The van der Waals surface area contributed by atoms with Crippen LogP contribution in [0, 0.1) is 0 Å². The molecular weight excluding hydrogens is 250 g/mol. The van der Waals surface area contributed by atoms with Crippen molar-refractivity contribution in [2.45, 2.75) is 58.5 Å². The van der Waals surface area contributed by atoms with Crippen LogP contribution in [0.5, 0.6) is 0 Å². The number of nitrogens with one attached hydrogen (secondary N) is 1. The molecule has 3 heteroatoms. The van der Waals surface area contributed by atoms with Gasteiger partial charge in [-0.2, -0.15) is 0 Å². The fraction of sp³-hybridized carbons (Fsp3) is 0.588.